The molecule has 0 amide bonds. The molecule has 10 nitrogen and oxygen atoms in total. The first-order valence-corrected chi connectivity index (χ1v) is 7.91. The highest BCUT2D eigenvalue weighted by atomic mass is 16.8. The lowest BCUT2D eigenvalue weighted by molar-refractivity contribution is -0.712. The Balaban J connectivity index is 2.66. The summed E-state index contributed by atoms with van der Waals surface area (Å²) in [5.74, 6) is -1.20. The van der Waals surface area contributed by atoms with Gasteiger partial charge in [-0.05, 0) is 19.4 Å². The maximum Gasteiger partial charge on any atom is 0.511 e. The highest BCUT2D eigenvalue weighted by Crippen LogP contribution is 2.09. The molecule has 144 valence electrons. The van der Waals surface area contributed by atoms with Crippen LogP contribution in [0.2, 0.25) is 0 Å². The van der Waals surface area contributed by atoms with Crippen LogP contribution >= 0.6 is 0 Å². The van der Waals surface area contributed by atoms with Crippen LogP contribution in [0.5, 0.6) is 0 Å². The van der Waals surface area contributed by atoms with E-state index in [1.165, 1.54) is 14.0 Å². The predicted octanol–water partition coefficient (Wildman–Crippen LogP) is 2.33. The van der Waals surface area contributed by atoms with Crippen LogP contribution in [0.15, 0.2) is 35.6 Å². The van der Waals surface area contributed by atoms with Gasteiger partial charge in [0.2, 0.25) is 5.28 Å². The van der Waals surface area contributed by atoms with Crippen LogP contribution in [0.1, 0.15) is 26.3 Å². The van der Waals surface area contributed by atoms with Crippen molar-refractivity contribution < 1.29 is 34.0 Å². The van der Waals surface area contributed by atoms with Gasteiger partial charge in [0, 0.05) is 13.3 Å². The van der Waals surface area contributed by atoms with Crippen molar-refractivity contribution in [3.8, 4) is 0 Å². The van der Waals surface area contributed by atoms with Crippen molar-refractivity contribution in [3.63, 3.8) is 0 Å². The third-order valence-corrected chi connectivity index (χ3v) is 3.14. The van der Waals surface area contributed by atoms with Gasteiger partial charge in [-0.25, -0.2) is 9.59 Å². The molecule has 0 radical (unpaired) electrons. The third-order valence-electron chi connectivity index (χ3n) is 3.14. The van der Waals surface area contributed by atoms with Crippen LogP contribution in [-0.2, 0) is 25.5 Å². The molecule has 2 atom stereocenters. The van der Waals surface area contributed by atoms with Crippen molar-refractivity contribution in [1.29, 1.82) is 0 Å². The van der Waals surface area contributed by atoms with E-state index >= 15 is 0 Å². The van der Waals surface area contributed by atoms with Crippen LogP contribution in [0.4, 0.5) is 4.79 Å². The molecule has 0 fully saturated rings. The van der Waals surface area contributed by atoms with Gasteiger partial charge < -0.3 is 19.8 Å². The van der Waals surface area contributed by atoms with E-state index in [2.05, 4.69) is 5.28 Å². The molecule has 1 unspecified atom stereocenters. The molecule has 1 N–H and O–H groups in total. The number of nitrogens with zero attached hydrogens (tertiary/aromatic N) is 3. The summed E-state index contributed by atoms with van der Waals surface area (Å²) in [6.07, 6.45) is -2.44. The molecule has 0 aliphatic rings. The molecule has 0 saturated heterocycles. The Hall–Kier alpha value is -3.04. The molecule has 0 aromatic heterocycles. The van der Waals surface area contributed by atoms with Gasteiger partial charge in [-0.3, -0.25) is 4.84 Å². The number of carbonyl (C=O) groups excluding carboxylic acids is 1. The number of carbonyl (C=O) groups is 2. The zero-order chi connectivity index (χ0) is 19.7. The van der Waals surface area contributed by atoms with Crippen molar-refractivity contribution >= 4 is 12.1 Å². The minimum absolute atomic E-state index is 0.0185. The van der Waals surface area contributed by atoms with E-state index < -0.39 is 24.5 Å². The summed E-state index contributed by atoms with van der Waals surface area (Å²) >= 11 is 0. The predicted molar refractivity (Wildman–Crippen MR) is 88.6 cm³/mol. The Morgan fingerprint density at radius 2 is 1.85 bits per heavy atom. The van der Waals surface area contributed by atoms with Gasteiger partial charge in [-0.1, -0.05) is 30.3 Å². The molecule has 0 saturated carbocycles. The van der Waals surface area contributed by atoms with Crippen LogP contribution in [-0.4, -0.2) is 52.7 Å². The molecule has 0 spiro atoms. The Morgan fingerprint density at radius 3 is 2.38 bits per heavy atom. The summed E-state index contributed by atoms with van der Waals surface area (Å²) in [6.45, 7) is 4.62. The molecule has 0 aliphatic heterocycles. The summed E-state index contributed by atoms with van der Waals surface area (Å²) in [4.78, 5) is 27.5. The fourth-order valence-corrected chi connectivity index (χ4v) is 1.88. The highest BCUT2D eigenvalue weighted by Gasteiger charge is 2.29. The second-order valence-corrected chi connectivity index (χ2v) is 5.66. The zero-order valence-electron chi connectivity index (χ0n) is 15.1. The number of hydrogen-bond acceptors (Lipinski definition) is 7. The Kier molecular flexibility index (Phi) is 8.13. The molecule has 0 bridgehead atoms. The summed E-state index contributed by atoms with van der Waals surface area (Å²) in [7, 11) is 1.26. The number of carboxylic acids is 1. The Morgan fingerprint density at radius 1 is 1.23 bits per heavy atom. The second kappa shape index (κ2) is 10.1. The van der Waals surface area contributed by atoms with Crippen LogP contribution in [0, 0.1) is 5.21 Å². The van der Waals surface area contributed by atoms with Gasteiger partial charge >= 0.3 is 12.1 Å². The SMILES string of the molecule is CC(C)OC(=O)OC(C)O/N=[N+](\[O-])N(C)[C@@H](Cc1ccccc1)C(=O)O. The van der Waals surface area contributed by atoms with E-state index in [4.69, 9.17) is 14.3 Å². The molecule has 1 aromatic rings. The van der Waals surface area contributed by atoms with E-state index in [-0.39, 0.29) is 17.5 Å². The number of benzene rings is 1. The van der Waals surface area contributed by atoms with Gasteiger partial charge in [0.15, 0.2) is 6.04 Å². The van der Waals surface area contributed by atoms with E-state index in [0.717, 1.165) is 10.6 Å². The smallest absolute Gasteiger partial charge is 0.511 e. The van der Waals surface area contributed by atoms with E-state index in [1.54, 1.807) is 44.2 Å². The standard InChI is InChI=1S/C16H23N3O7/c1-11(2)24-16(22)25-12(3)26-17-19(23)18(4)14(15(20)21)10-13-8-6-5-7-9-13/h5-9,11-12,14H,10H2,1-4H3,(H,20,21)/b19-17-/t12?,14-/m0/s1. The van der Waals surface area contributed by atoms with Crippen LogP contribution in [0.25, 0.3) is 0 Å². The number of ether oxygens (including phenoxy) is 2. The van der Waals surface area contributed by atoms with Gasteiger partial charge in [0.1, 0.15) is 0 Å². The summed E-state index contributed by atoms with van der Waals surface area (Å²) < 4.78 is 9.47. The number of likely N-dealkylation sites (N-methyl/N-ethyl adjacent to an activating group) is 1. The minimum atomic E-state index is -1.20. The van der Waals surface area contributed by atoms with Crippen molar-refractivity contribution in [1.82, 2.24) is 5.01 Å². The van der Waals surface area contributed by atoms with Crippen LogP contribution in [0.3, 0.4) is 0 Å². The monoisotopic (exact) mass is 369 g/mol. The summed E-state index contributed by atoms with van der Waals surface area (Å²) in [6, 6.07) is 7.69. The minimum Gasteiger partial charge on any atom is -0.569 e. The lowest BCUT2D eigenvalue weighted by Gasteiger charge is -2.20. The molecule has 10 heteroatoms. The largest absolute Gasteiger partial charge is 0.569 e. The lowest BCUT2D eigenvalue weighted by Crippen LogP contribution is -2.44. The summed E-state index contributed by atoms with van der Waals surface area (Å²) in [5, 5.41) is 25.4. The molecule has 0 heterocycles. The van der Waals surface area contributed by atoms with E-state index in [0.29, 0.717) is 0 Å². The number of carboxylic acid groups (broad SMARTS) is 1. The lowest BCUT2D eigenvalue weighted by atomic mass is 10.1. The van der Waals surface area contributed by atoms with Gasteiger partial charge in [0.05, 0.1) is 18.1 Å². The molecule has 1 aromatic carbocycles. The van der Waals surface area contributed by atoms with Gasteiger partial charge in [0.25, 0.3) is 6.29 Å². The number of hydrogen-bond donors (Lipinski definition) is 1. The van der Waals surface area contributed by atoms with Crippen molar-refractivity contribution in [2.24, 2.45) is 5.28 Å². The third kappa shape index (κ3) is 7.24. The highest BCUT2D eigenvalue weighted by molar-refractivity contribution is 5.73. The van der Waals surface area contributed by atoms with Crippen LogP contribution < -0.4 is 0 Å². The number of aliphatic carboxylic acids is 1. The molecule has 0 aliphatic carbocycles. The Labute approximate surface area is 151 Å². The van der Waals surface area contributed by atoms with Crippen molar-refractivity contribution in [2.75, 3.05) is 7.05 Å². The molecular formula is C16H23N3O7. The first-order valence-electron chi connectivity index (χ1n) is 7.91. The maximum absolute atomic E-state index is 12.0. The average Bonchev–Trinajstić information content (AvgIpc) is 2.56. The molecule has 1 rings (SSSR count). The molecular weight excluding hydrogens is 346 g/mol. The van der Waals surface area contributed by atoms with Gasteiger partial charge in [-0.2, -0.15) is 0 Å². The fraction of sp³-hybridized carbons (Fsp3) is 0.500. The topological polar surface area (TPSA) is 124 Å². The fourth-order valence-electron chi connectivity index (χ4n) is 1.88. The zero-order valence-corrected chi connectivity index (χ0v) is 15.1. The normalized spacial score (nSPS) is 13.7. The van der Waals surface area contributed by atoms with E-state index in [1.807, 2.05) is 0 Å². The maximum atomic E-state index is 12.0. The van der Waals surface area contributed by atoms with Crippen molar-refractivity contribution in [2.45, 2.75) is 45.6 Å². The first-order chi connectivity index (χ1) is 12.2. The van der Waals surface area contributed by atoms with Crippen molar-refractivity contribution in [3.05, 3.63) is 41.1 Å². The summed E-state index contributed by atoms with van der Waals surface area (Å²) in [5.41, 5.74) is 0.745. The second-order valence-electron chi connectivity index (χ2n) is 5.66. The quantitative estimate of drug-likeness (QED) is 0.231. The number of hydrazine groups is 1. The van der Waals surface area contributed by atoms with Gasteiger partial charge in [-0.15, -0.1) is 5.01 Å². The molecule has 26 heavy (non-hydrogen) atoms. The average molecular weight is 369 g/mol. The van der Waals surface area contributed by atoms with E-state index in [9.17, 15) is 19.9 Å². The number of rotatable bonds is 9. The first kappa shape index (κ1) is 21.0. The Bertz CT molecular complexity index is 622.